The normalized spacial score (nSPS) is 14.3. The summed E-state index contributed by atoms with van der Waals surface area (Å²) in [6.07, 6.45) is 12.0. The lowest BCUT2D eigenvalue weighted by molar-refractivity contribution is -0.138. The minimum atomic E-state index is -0.857. The summed E-state index contributed by atoms with van der Waals surface area (Å²) in [5.74, 6) is -0.857. The Kier molecular flexibility index (Phi) is 8.39. The van der Waals surface area contributed by atoms with Gasteiger partial charge in [-0.15, -0.1) is 0 Å². The van der Waals surface area contributed by atoms with Crippen LogP contribution in [-0.4, -0.2) is 24.3 Å². The van der Waals surface area contributed by atoms with Crippen molar-refractivity contribution in [2.24, 2.45) is 0 Å². The molecule has 3 nitrogen and oxygen atoms in total. The maximum atomic E-state index is 10.4. The smallest absolute Gasteiger partial charge is 0.306 e. The Hall–Kier alpha value is -1.35. The van der Waals surface area contributed by atoms with E-state index in [1.807, 2.05) is 31.2 Å². The van der Waals surface area contributed by atoms with Gasteiger partial charge in [-0.3, -0.25) is 4.79 Å². The maximum absolute atomic E-state index is 10.4. The Bertz CT molecular complexity index is 252. The van der Waals surface area contributed by atoms with Crippen LogP contribution in [0.25, 0.3) is 0 Å². The molecule has 0 aromatic heterocycles. The number of carboxylic acid groups (broad SMARTS) is 1. The van der Waals surface area contributed by atoms with Crippen LogP contribution in [0.1, 0.15) is 19.8 Å². The molecule has 0 bridgehead atoms. The Morgan fingerprint density at radius 3 is 2.67 bits per heavy atom. The summed E-state index contributed by atoms with van der Waals surface area (Å²) in [6, 6.07) is 0. The largest absolute Gasteiger partial charge is 0.481 e. The predicted octanol–water partition coefficient (Wildman–Crippen LogP) is 2.55. The van der Waals surface area contributed by atoms with Crippen LogP contribution in [0.2, 0.25) is 0 Å². The van der Waals surface area contributed by atoms with E-state index < -0.39 is 5.97 Å². The fourth-order valence-corrected chi connectivity index (χ4v) is 0.962. The third-order valence-electron chi connectivity index (χ3n) is 1.76. The zero-order valence-corrected chi connectivity index (χ0v) is 9.22. The summed E-state index contributed by atoms with van der Waals surface area (Å²) in [7, 11) is 1.50. The fraction of sp³-hybridized carbons (Fsp3) is 0.417. The number of rotatable bonds is 7. The van der Waals surface area contributed by atoms with Crippen molar-refractivity contribution >= 4 is 5.97 Å². The van der Waals surface area contributed by atoms with Crippen LogP contribution >= 0.6 is 0 Å². The van der Waals surface area contributed by atoms with Crippen molar-refractivity contribution in [3.8, 4) is 0 Å². The molecule has 0 aliphatic carbocycles. The molecule has 3 heteroatoms. The first kappa shape index (κ1) is 13.7. The molecule has 0 spiro atoms. The molecule has 15 heavy (non-hydrogen) atoms. The quantitative estimate of drug-likeness (QED) is 0.519. The number of allylic oxidation sites excluding steroid dienone is 5. The van der Waals surface area contributed by atoms with Crippen LogP contribution < -0.4 is 0 Å². The van der Waals surface area contributed by atoms with Crippen LogP contribution in [0.4, 0.5) is 0 Å². The van der Waals surface area contributed by atoms with Gasteiger partial charge in [0.1, 0.15) is 0 Å². The molecular formula is C12H18O3. The van der Waals surface area contributed by atoms with Gasteiger partial charge in [0.25, 0.3) is 0 Å². The van der Waals surface area contributed by atoms with Gasteiger partial charge < -0.3 is 9.84 Å². The van der Waals surface area contributed by atoms with Crippen molar-refractivity contribution < 1.29 is 14.6 Å². The number of hydrogen-bond acceptors (Lipinski definition) is 2. The third kappa shape index (κ3) is 8.97. The van der Waals surface area contributed by atoms with Gasteiger partial charge in [0, 0.05) is 7.11 Å². The molecule has 0 radical (unpaired) electrons. The highest BCUT2D eigenvalue weighted by molar-refractivity contribution is 5.67. The minimum absolute atomic E-state index is 0.00426. The molecule has 1 unspecified atom stereocenters. The van der Waals surface area contributed by atoms with E-state index in [0.29, 0.717) is 0 Å². The lowest BCUT2D eigenvalue weighted by Crippen LogP contribution is -2.12. The van der Waals surface area contributed by atoms with Crippen molar-refractivity contribution in [1.29, 1.82) is 0 Å². The van der Waals surface area contributed by atoms with E-state index in [0.717, 1.165) is 6.42 Å². The molecule has 1 N–H and O–H groups in total. The van der Waals surface area contributed by atoms with Crippen LogP contribution in [0, 0.1) is 0 Å². The molecule has 0 aromatic carbocycles. The summed E-state index contributed by atoms with van der Waals surface area (Å²) >= 11 is 0. The van der Waals surface area contributed by atoms with E-state index in [2.05, 4.69) is 0 Å². The number of aliphatic carboxylic acids is 1. The molecule has 0 saturated carbocycles. The van der Waals surface area contributed by atoms with Crippen LogP contribution in [0.5, 0.6) is 0 Å². The fourth-order valence-electron chi connectivity index (χ4n) is 0.962. The Morgan fingerprint density at radius 2 is 2.13 bits per heavy atom. The van der Waals surface area contributed by atoms with Gasteiger partial charge in [0.15, 0.2) is 0 Å². The molecule has 0 heterocycles. The zero-order valence-electron chi connectivity index (χ0n) is 9.22. The average molecular weight is 210 g/mol. The second-order valence-electron chi connectivity index (χ2n) is 2.99. The van der Waals surface area contributed by atoms with Crippen molar-refractivity contribution in [2.45, 2.75) is 25.9 Å². The second-order valence-corrected chi connectivity index (χ2v) is 2.99. The highest BCUT2D eigenvalue weighted by Crippen LogP contribution is 1.99. The molecule has 0 aromatic rings. The van der Waals surface area contributed by atoms with Crippen molar-refractivity contribution in [2.75, 3.05) is 7.11 Å². The van der Waals surface area contributed by atoms with Crippen LogP contribution in [0.3, 0.4) is 0 Å². The molecule has 0 fully saturated rings. The second kappa shape index (κ2) is 9.21. The summed E-state index contributed by atoms with van der Waals surface area (Å²) in [4.78, 5) is 10.4. The lowest BCUT2D eigenvalue weighted by Gasteiger charge is -2.05. The first-order valence-electron chi connectivity index (χ1n) is 4.89. The minimum Gasteiger partial charge on any atom is -0.481 e. The highest BCUT2D eigenvalue weighted by atomic mass is 16.5. The number of hydrogen-bond donors (Lipinski definition) is 1. The van der Waals surface area contributed by atoms with Gasteiger partial charge in [-0.05, 0) is 13.3 Å². The molecule has 1 atom stereocenters. The molecular weight excluding hydrogens is 192 g/mol. The standard InChI is InChI=1S/C12H18O3/c1-3-4-5-6-7-8-9-11(15-2)10-12(13)14/h3-4,6-9,11H,5,10H2,1-2H3,(H,13,14). The Labute approximate surface area is 90.8 Å². The van der Waals surface area contributed by atoms with Gasteiger partial charge in [-0.25, -0.2) is 0 Å². The summed E-state index contributed by atoms with van der Waals surface area (Å²) < 4.78 is 4.97. The number of carboxylic acids is 1. The average Bonchev–Trinajstić information content (AvgIpc) is 2.20. The third-order valence-corrected chi connectivity index (χ3v) is 1.76. The Morgan fingerprint density at radius 1 is 1.40 bits per heavy atom. The van der Waals surface area contributed by atoms with Crippen LogP contribution in [-0.2, 0) is 9.53 Å². The molecule has 84 valence electrons. The van der Waals surface area contributed by atoms with Gasteiger partial charge in [0.05, 0.1) is 12.5 Å². The SMILES string of the molecule is CC=CCC=CC=CC(CC(=O)O)OC. The van der Waals surface area contributed by atoms with Crippen molar-refractivity contribution in [1.82, 2.24) is 0 Å². The summed E-state index contributed by atoms with van der Waals surface area (Å²) in [5, 5.41) is 8.55. The molecule has 0 aliphatic rings. The van der Waals surface area contributed by atoms with Crippen LogP contribution in [0.15, 0.2) is 36.5 Å². The van der Waals surface area contributed by atoms with Gasteiger partial charge in [-0.1, -0.05) is 36.5 Å². The number of carbonyl (C=O) groups is 1. The first-order chi connectivity index (χ1) is 7.20. The van der Waals surface area contributed by atoms with Crippen molar-refractivity contribution in [3.63, 3.8) is 0 Å². The van der Waals surface area contributed by atoms with Crippen molar-refractivity contribution in [3.05, 3.63) is 36.5 Å². The maximum Gasteiger partial charge on any atom is 0.306 e. The van der Waals surface area contributed by atoms with E-state index in [1.54, 1.807) is 12.2 Å². The molecule has 0 aliphatic heterocycles. The molecule has 0 saturated heterocycles. The van der Waals surface area contributed by atoms with E-state index in [1.165, 1.54) is 7.11 Å². The monoisotopic (exact) mass is 210 g/mol. The summed E-state index contributed by atoms with van der Waals surface area (Å²) in [6.45, 7) is 1.97. The van der Waals surface area contributed by atoms with Gasteiger partial charge in [-0.2, -0.15) is 0 Å². The molecule has 0 amide bonds. The first-order valence-corrected chi connectivity index (χ1v) is 4.89. The zero-order chi connectivity index (χ0) is 11.5. The van der Waals surface area contributed by atoms with Gasteiger partial charge in [0.2, 0.25) is 0 Å². The lowest BCUT2D eigenvalue weighted by atomic mass is 10.2. The Balaban J connectivity index is 3.90. The van der Waals surface area contributed by atoms with E-state index in [9.17, 15) is 4.79 Å². The summed E-state index contributed by atoms with van der Waals surface area (Å²) in [5.41, 5.74) is 0. The van der Waals surface area contributed by atoms with E-state index in [4.69, 9.17) is 9.84 Å². The topological polar surface area (TPSA) is 46.5 Å². The highest BCUT2D eigenvalue weighted by Gasteiger charge is 2.06. The van der Waals surface area contributed by atoms with E-state index >= 15 is 0 Å². The van der Waals surface area contributed by atoms with E-state index in [-0.39, 0.29) is 12.5 Å². The predicted molar refractivity (Wildman–Crippen MR) is 60.8 cm³/mol. The number of ether oxygens (including phenoxy) is 1. The molecule has 0 rings (SSSR count). The van der Waals surface area contributed by atoms with Gasteiger partial charge >= 0.3 is 5.97 Å². The number of methoxy groups -OCH3 is 1.